The van der Waals surface area contributed by atoms with Gasteiger partial charge in [-0.3, -0.25) is 4.79 Å². The van der Waals surface area contributed by atoms with Crippen molar-refractivity contribution in [2.75, 3.05) is 0 Å². The molecule has 1 atom stereocenters. The van der Waals surface area contributed by atoms with E-state index in [4.69, 9.17) is 23.2 Å². The lowest BCUT2D eigenvalue weighted by atomic mass is 10.2. The lowest BCUT2D eigenvalue weighted by Crippen LogP contribution is -2.28. The number of hydrogen-bond donors (Lipinski definition) is 1. The van der Waals surface area contributed by atoms with Gasteiger partial charge in [-0.05, 0) is 31.2 Å². The summed E-state index contributed by atoms with van der Waals surface area (Å²) in [4.78, 5) is 11.0. The monoisotopic (exact) mass is 357 g/mol. The standard InChI is InChI=1S/C15H13Cl2NO3S/c1-10-5-7-11(8-6-10)22(20,21)15(18-9-19)14-12(16)3-2-4-13(14)17/h2-9,15H,1H3,(H,18,19). The quantitative estimate of drug-likeness (QED) is 0.832. The molecule has 0 aliphatic heterocycles. The molecule has 0 heterocycles. The second kappa shape index (κ2) is 6.69. The first-order valence-corrected chi connectivity index (χ1v) is 8.62. The van der Waals surface area contributed by atoms with E-state index in [1.165, 1.54) is 24.3 Å². The average molecular weight is 358 g/mol. The molecule has 0 saturated heterocycles. The predicted octanol–water partition coefficient (Wildman–Crippen LogP) is 3.52. The van der Waals surface area contributed by atoms with Crippen LogP contribution in [0.2, 0.25) is 10.0 Å². The molecular formula is C15H13Cl2NO3S. The van der Waals surface area contributed by atoms with Crippen LogP contribution in [0.1, 0.15) is 16.5 Å². The summed E-state index contributed by atoms with van der Waals surface area (Å²) in [7, 11) is -3.89. The maximum atomic E-state index is 12.8. The second-order valence-electron chi connectivity index (χ2n) is 4.66. The summed E-state index contributed by atoms with van der Waals surface area (Å²) in [6.45, 7) is 1.85. The highest BCUT2D eigenvalue weighted by Gasteiger charge is 2.32. The van der Waals surface area contributed by atoms with Crippen LogP contribution in [-0.2, 0) is 14.6 Å². The van der Waals surface area contributed by atoms with Crippen LogP contribution in [0.5, 0.6) is 0 Å². The van der Waals surface area contributed by atoms with Gasteiger partial charge >= 0.3 is 0 Å². The molecule has 116 valence electrons. The number of halogens is 2. The highest BCUT2D eigenvalue weighted by atomic mass is 35.5. The summed E-state index contributed by atoms with van der Waals surface area (Å²) in [5.74, 6) is 0. The molecule has 1 unspecified atom stereocenters. The number of nitrogens with one attached hydrogen (secondary N) is 1. The Morgan fingerprint density at radius 3 is 2.09 bits per heavy atom. The van der Waals surface area contributed by atoms with E-state index in [0.717, 1.165) is 5.56 Å². The first-order valence-electron chi connectivity index (χ1n) is 6.32. The fourth-order valence-electron chi connectivity index (χ4n) is 2.02. The molecule has 1 amide bonds. The Kier molecular flexibility index (Phi) is 5.11. The molecule has 0 aliphatic carbocycles. The number of hydrogen-bond acceptors (Lipinski definition) is 3. The molecule has 0 fully saturated rings. The third-order valence-electron chi connectivity index (χ3n) is 3.14. The fourth-order valence-corrected chi connectivity index (χ4v) is 4.35. The van der Waals surface area contributed by atoms with Gasteiger partial charge in [-0.25, -0.2) is 8.42 Å². The van der Waals surface area contributed by atoms with Crippen LogP contribution in [-0.4, -0.2) is 14.8 Å². The van der Waals surface area contributed by atoms with Crippen molar-refractivity contribution in [3.05, 3.63) is 63.6 Å². The Hall–Kier alpha value is -1.56. The van der Waals surface area contributed by atoms with Gasteiger partial charge in [-0.15, -0.1) is 0 Å². The minimum Gasteiger partial charge on any atom is -0.338 e. The van der Waals surface area contributed by atoms with E-state index in [1.807, 2.05) is 6.92 Å². The van der Waals surface area contributed by atoms with Crippen LogP contribution >= 0.6 is 23.2 Å². The van der Waals surface area contributed by atoms with Gasteiger partial charge in [0.25, 0.3) is 0 Å². The molecule has 0 spiro atoms. The summed E-state index contributed by atoms with van der Waals surface area (Å²) in [5, 5.41) is 1.28. The van der Waals surface area contributed by atoms with E-state index in [-0.39, 0.29) is 20.5 Å². The molecule has 0 aromatic heterocycles. The van der Waals surface area contributed by atoms with Gasteiger partial charge in [0.2, 0.25) is 16.2 Å². The summed E-state index contributed by atoms with van der Waals surface area (Å²) < 4.78 is 25.6. The third-order valence-corrected chi connectivity index (χ3v) is 5.72. The molecule has 0 aliphatic rings. The Bertz CT molecular complexity index is 769. The van der Waals surface area contributed by atoms with E-state index in [1.54, 1.807) is 18.2 Å². The summed E-state index contributed by atoms with van der Waals surface area (Å²) in [6, 6.07) is 11.0. The van der Waals surface area contributed by atoms with E-state index in [2.05, 4.69) is 5.32 Å². The zero-order valence-electron chi connectivity index (χ0n) is 11.6. The maximum Gasteiger partial charge on any atom is 0.208 e. The Morgan fingerprint density at radius 2 is 1.59 bits per heavy atom. The first-order chi connectivity index (χ1) is 10.4. The molecule has 2 aromatic carbocycles. The average Bonchev–Trinajstić information content (AvgIpc) is 2.46. The number of amides is 1. The third kappa shape index (κ3) is 3.27. The molecule has 7 heteroatoms. The normalized spacial score (nSPS) is 12.7. The van der Waals surface area contributed by atoms with Crippen LogP contribution in [0, 0.1) is 6.92 Å². The van der Waals surface area contributed by atoms with Crippen molar-refractivity contribution in [3.63, 3.8) is 0 Å². The Morgan fingerprint density at radius 1 is 1.05 bits per heavy atom. The molecule has 0 saturated carbocycles. The summed E-state index contributed by atoms with van der Waals surface area (Å²) >= 11 is 12.1. The Balaban J connectivity index is 2.61. The number of benzene rings is 2. The van der Waals surface area contributed by atoms with Gasteiger partial charge in [0.15, 0.2) is 5.37 Å². The minimum atomic E-state index is -3.89. The zero-order chi connectivity index (χ0) is 16.3. The molecule has 0 radical (unpaired) electrons. The number of aryl methyl sites for hydroxylation is 1. The Labute approximate surface area is 139 Å². The number of carbonyl (C=O) groups excluding carboxylic acids is 1. The summed E-state index contributed by atoms with van der Waals surface area (Å²) in [6.07, 6.45) is 0.316. The smallest absolute Gasteiger partial charge is 0.208 e. The SMILES string of the molecule is Cc1ccc(S(=O)(=O)C(NC=O)c2c(Cl)cccc2Cl)cc1. The van der Waals surface area contributed by atoms with Crippen LogP contribution < -0.4 is 5.32 Å². The number of rotatable bonds is 5. The fraction of sp³-hybridized carbons (Fsp3) is 0.133. The molecule has 2 rings (SSSR count). The topological polar surface area (TPSA) is 63.2 Å². The zero-order valence-corrected chi connectivity index (χ0v) is 13.9. The van der Waals surface area contributed by atoms with E-state index in [9.17, 15) is 13.2 Å². The van der Waals surface area contributed by atoms with E-state index < -0.39 is 15.2 Å². The molecule has 1 N–H and O–H groups in total. The van der Waals surface area contributed by atoms with Gasteiger partial charge in [0.05, 0.1) is 4.90 Å². The van der Waals surface area contributed by atoms with Gasteiger partial charge < -0.3 is 5.32 Å². The van der Waals surface area contributed by atoms with Crippen molar-refractivity contribution in [2.24, 2.45) is 0 Å². The maximum absolute atomic E-state index is 12.8. The highest BCUT2D eigenvalue weighted by molar-refractivity contribution is 7.91. The summed E-state index contributed by atoms with van der Waals surface area (Å²) in [5.41, 5.74) is 1.08. The highest BCUT2D eigenvalue weighted by Crippen LogP contribution is 2.35. The first kappa shape index (κ1) is 16.8. The van der Waals surface area contributed by atoms with Crippen molar-refractivity contribution in [1.82, 2.24) is 5.32 Å². The lowest BCUT2D eigenvalue weighted by Gasteiger charge is -2.20. The van der Waals surface area contributed by atoms with Crippen LogP contribution in [0.25, 0.3) is 0 Å². The molecule has 0 bridgehead atoms. The molecule has 22 heavy (non-hydrogen) atoms. The molecule has 4 nitrogen and oxygen atoms in total. The minimum absolute atomic E-state index is 0.0773. The van der Waals surface area contributed by atoms with Crippen molar-refractivity contribution in [1.29, 1.82) is 0 Å². The largest absolute Gasteiger partial charge is 0.338 e. The number of carbonyl (C=O) groups is 1. The van der Waals surface area contributed by atoms with Crippen molar-refractivity contribution < 1.29 is 13.2 Å². The van der Waals surface area contributed by atoms with Gasteiger partial charge in [0.1, 0.15) is 0 Å². The number of sulfone groups is 1. The van der Waals surface area contributed by atoms with Crippen LogP contribution in [0.4, 0.5) is 0 Å². The predicted molar refractivity (Wildman–Crippen MR) is 86.8 cm³/mol. The second-order valence-corrected chi connectivity index (χ2v) is 7.51. The van der Waals surface area contributed by atoms with Crippen molar-refractivity contribution in [3.8, 4) is 0 Å². The molecular weight excluding hydrogens is 345 g/mol. The van der Waals surface area contributed by atoms with E-state index >= 15 is 0 Å². The van der Waals surface area contributed by atoms with Crippen LogP contribution in [0.3, 0.4) is 0 Å². The lowest BCUT2D eigenvalue weighted by molar-refractivity contribution is -0.109. The van der Waals surface area contributed by atoms with Crippen molar-refractivity contribution >= 4 is 39.4 Å². The molecule has 2 aromatic rings. The van der Waals surface area contributed by atoms with Gasteiger partial charge in [0, 0.05) is 15.6 Å². The van der Waals surface area contributed by atoms with E-state index in [0.29, 0.717) is 6.41 Å². The van der Waals surface area contributed by atoms with Gasteiger partial charge in [-0.1, -0.05) is 47.0 Å². The van der Waals surface area contributed by atoms with Crippen LogP contribution in [0.15, 0.2) is 47.4 Å². The van der Waals surface area contributed by atoms with Gasteiger partial charge in [-0.2, -0.15) is 0 Å². The van der Waals surface area contributed by atoms with Crippen molar-refractivity contribution in [2.45, 2.75) is 17.2 Å².